The Morgan fingerprint density at radius 1 is 1.18 bits per heavy atom. The van der Waals surface area contributed by atoms with Gasteiger partial charge in [0.05, 0.1) is 5.02 Å². The molecule has 0 aliphatic carbocycles. The minimum absolute atomic E-state index is 0.0539. The standard InChI is InChI=1S/C19H21ClN2O5S/c1-3-22(4-2)28(24,25)18-11-13(9-10-14(18)20)21-19(23)17-12-26-15-7-5-6-8-16(15)27-17/h5-11,17H,3-4,12H2,1-2H3,(H,21,23). The van der Waals surface area contributed by atoms with Gasteiger partial charge in [-0.15, -0.1) is 0 Å². The van der Waals surface area contributed by atoms with Gasteiger partial charge in [0.1, 0.15) is 11.5 Å². The largest absolute Gasteiger partial charge is 0.485 e. The first-order valence-corrected chi connectivity index (χ1v) is 10.7. The molecule has 1 aliphatic heterocycles. The average molecular weight is 425 g/mol. The molecule has 2 aromatic carbocycles. The summed E-state index contributed by atoms with van der Waals surface area (Å²) in [6.45, 7) is 4.19. The third-order valence-corrected chi connectivity index (χ3v) is 6.85. The van der Waals surface area contributed by atoms with Gasteiger partial charge in [-0.1, -0.05) is 37.6 Å². The van der Waals surface area contributed by atoms with Crippen LogP contribution in [-0.4, -0.2) is 44.4 Å². The molecule has 0 spiro atoms. The van der Waals surface area contributed by atoms with Gasteiger partial charge in [-0.2, -0.15) is 4.31 Å². The van der Waals surface area contributed by atoms with E-state index in [-0.39, 0.29) is 16.5 Å². The Kier molecular flexibility index (Phi) is 6.12. The molecule has 3 rings (SSSR count). The Labute approximate surface area is 169 Å². The molecule has 9 heteroatoms. The molecule has 0 saturated heterocycles. The van der Waals surface area contributed by atoms with E-state index in [1.54, 1.807) is 38.1 Å². The van der Waals surface area contributed by atoms with Crippen molar-refractivity contribution in [2.24, 2.45) is 0 Å². The molecule has 1 heterocycles. The number of amides is 1. The summed E-state index contributed by atoms with van der Waals surface area (Å²) in [6, 6.07) is 11.4. The van der Waals surface area contributed by atoms with Crippen LogP contribution in [0.3, 0.4) is 0 Å². The highest BCUT2D eigenvalue weighted by molar-refractivity contribution is 7.89. The summed E-state index contributed by atoms with van der Waals surface area (Å²) >= 11 is 6.12. The number of fused-ring (bicyclic) bond motifs is 1. The van der Waals surface area contributed by atoms with Crippen LogP contribution in [-0.2, 0) is 14.8 Å². The predicted octanol–water partition coefficient (Wildman–Crippen LogP) is 3.15. The molecule has 1 amide bonds. The number of carbonyl (C=O) groups is 1. The van der Waals surface area contributed by atoms with Crippen LogP contribution in [0.4, 0.5) is 5.69 Å². The molecule has 0 bridgehead atoms. The van der Waals surface area contributed by atoms with E-state index in [4.69, 9.17) is 21.1 Å². The van der Waals surface area contributed by atoms with E-state index in [1.807, 2.05) is 6.07 Å². The average Bonchev–Trinajstić information content (AvgIpc) is 2.69. The van der Waals surface area contributed by atoms with Gasteiger partial charge < -0.3 is 14.8 Å². The lowest BCUT2D eigenvalue weighted by Crippen LogP contribution is -2.40. The maximum atomic E-state index is 12.8. The Morgan fingerprint density at radius 3 is 2.54 bits per heavy atom. The second-order valence-electron chi connectivity index (χ2n) is 6.09. The van der Waals surface area contributed by atoms with Gasteiger partial charge in [0.2, 0.25) is 16.1 Å². The minimum Gasteiger partial charge on any atom is -0.485 e. The molecule has 0 aromatic heterocycles. The summed E-state index contributed by atoms with van der Waals surface area (Å²) in [7, 11) is -3.76. The van der Waals surface area contributed by atoms with E-state index in [9.17, 15) is 13.2 Å². The molecule has 1 N–H and O–H groups in total. The number of hydrogen-bond donors (Lipinski definition) is 1. The summed E-state index contributed by atoms with van der Waals surface area (Å²) in [5.74, 6) is 0.614. The maximum Gasteiger partial charge on any atom is 0.269 e. The number of halogens is 1. The summed E-state index contributed by atoms with van der Waals surface area (Å²) < 4.78 is 38.1. The van der Waals surface area contributed by atoms with Crippen LogP contribution in [0, 0.1) is 0 Å². The van der Waals surface area contributed by atoms with Gasteiger partial charge in [-0.3, -0.25) is 4.79 Å². The third-order valence-electron chi connectivity index (χ3n) is 4.32. The van der Waals surface area contributed by atoms with Crippen molar-refractivity contribution in [1.82, 2.24) is 4.31 Å². The quantitative estimate of drug-likeness (QED) is 0.769. The summed E-state index contributed by atoms with van der Waals surface area (Å²) in [4.78, 5) is 12.5. The first-order valence-electron chi connectivity index (χ1n) is 8.85. The van der Waals surface area contributed by atoms with Gasteiger partial charge in [0.25, 0.3) is 5.91 Å². The zero-order valence-electron chi connectivity index (χ0n) is 15.5. The molecule has 0 radical (unpaired) electrons. The highest BCUT2D eigenvalue weighted by Gasteiger charge is 2.29. The number of ether oxygens (including phenoxy) is 2. The van der Waals surface area contributed by atoms with E-state index in [2.05, 4.69) is 5.32 Å². The van der Waals surface area contributed by atoms with Gasteiger partial charge in [-0.25, -0.2) is 8.42 Å². The Balaban J connectivity index is 1.79. The lowest BCUT2D eigenvalue weighted by molar-refractivity contribution is -0.125. The monoisotopic (exact) mass is 424 g/mol. The lowest BCUT2D eigenvalue weighted by atomic mass is 10.2. The number of nitrogens with one attached hydrogen (secondary N) is 1. The van der Waals surface area contributed by atoms with Crippen LogP contribution < -0.4 is 14.8 Å². The zero-order valence-corrected chi connectivity index (χ0v) is 17.1. The van der Waals surface area contributed by atoms with Gasteiger partial charge >= 0.3 is 0 Å². The van der Waals surface area contributed by atoms with Crippen molar-refractivity contribution >= 4 is 33.2 Å². The van der Waals surface area contributed by atoms with Crippen LogP contribution in [0.25, 0.3) is 0 Å². The molecule has 1 unspecified atom stereocenters. The SMILES string of the molecule is CCN(CC)S(=O)(=O)c1cc(NC(=O)C2COc3ccccc3O2)ccc1Cl. The molecule has 2 aromatic rings. The molecule has 28 heavy (non-hydrogen) atoms. The van der Waals surface area contributed by atoms with E-state index in [0.717, 1.165) is 0 Å². The third kappa shape index (κ3) is 4.09. The van der Waals surface area contributed by atoms with E-state index < -0.39 is 22.0 Å². The fourth-order valence-corrected chi connectivity index (χ4v) is 4.81. The lowest BCUT2D eigenvalue weighted by Gasteiger charge is -2.25. The molecule has 0 saturated carbocycles. The number of carbonyl (C=O) groups excluding carboxylic acids is 1. The van der Waals surface area contributed by atoms with Gasteiger partial charge in [0, 0.05) is 18.8 Å². The molecule has 1 atom stereocenters. The van der Waals surface area contributed by atoms with Crippen molar-refractivity contribution in [3.63, 3.8) is 0 Å². The maximum absolute atomic E-state index is 12.8. The van der Waals surface area contributed by atoms with Crippen molar-refractivity contribution in [3.8, 4) is 11.5 Å². The smallest absolute Gasteiger partial charge is 0.269 e. The van der Waals surface area contributed by atoms with Crippen LogP contribution in [0.1, 0.15) is 13.8 Å². The number of sulfonamides is 1. The second-order valence-corrected chi connectivity index (χ2v) is 8.40. The Morgan fingerprint density at radius 2 is 1.86 bits per heavy atom. The van der Waals surface area contributed by atoms with Crippen molar-refractivity contribution < 1.29 is 22.7 Å². The van der Waals surface area contributed by atoms with E-state index in [0.29, 0.717) is 30.3 Å². The second kappa shape index (κ2) is 8.38. The molecule has 150 valence electrons. The van der Waals surface area contributed by atoms with E-state index >= 15 is 0 Å². The summed E-state index contributed by atoms with van der Waals surface area (Å²) in [6.07, 6.45) is -0.853. The van der Waals surface area contributed by atoms with Crippen LogP contribution in [0.2, 0.25) is 5.02 Å². The number of hydrogen-bond acceptors (Lipinski definition) is 5. The first kappa shape index (κ1) is 20.4. The van der Waals surface area contributed by atoms with Gasteiger partial charge in [0.15, 0.2) is 11.5 Å². The first-order chi connectivity index (χ1) is 13.4. The zero-order chi connectivity index (χ0) is 20.3. The highest BCUT2D eigenvalue weighted by Crippen LogP contribution is 2.32. The highest BCUT2D eigenvalue weighted by atomic mass is 35.5. The summed E-state index contributed by atoms with van der Waals surface area (Å²) in [5, 5.41) is 2.77. The van der Waals surface area contributed by atoms with Crippen LogP contribution in [0.5, 0.6) is 11.5 Å². The number of benzene rings is 2. The summed E-state index contributed by atoms with van der Waals surface area (Å²) in [5.41, 5.74) is 0.308. The van der Waals surface area contributed by atoms with Crippen molar-refractivity contribution in [3.05, 3.63) is 47.5 Å². The van der Waals surface area contributed by atoms with Crippen LogP contribution >= 0.6 is 11.6 Å². The predicted molar refractivity (Wildman–Crippen MR) is 107 cm³/mol. The Bertz CT molecular complexity index is 976. The molecule has 7 nitrogen and oxygen atoms in total. The number of rotatable bonds is 6. The fraction of sp³-hybridized carbons (Fsp3) is 0.316. The minimum atomic E-state index is -3.76. The number of para-hydroxylation sites is 2. The molecule has 0 fully saturated rings. The molecular formula is C19H21ClN2O5S. The molecule has 1 aliphatic rings. The Hall–Kier alpha value is -2.29. The fourth-order valence-electron chi connectivity index (χ4n) is 2.85. The van der Waals surface area contributed by atoms with Crippen molar-refractivity contribution in [2.75, 3.05) is 25.0 Å². The van der Waals surface area contributed by atoms with Crippen molar-refractivity contribution in [2.45, 2.75) is 24.8 Å². The topological polar surface area (TPSA) is 84.9 Å². The number of anilines is 1. The number of nitrogens with zero attached hydrogens (tertiary/aromatic N) is 1. The van der Waals surface area contributed by atoms with Crippen LogP contribution in [0.15, 0.2) is 47.4 Å². The normalized spacial score (nSPS) is 16.1. The molecular weight excluding hydrogens is 404 g/mol. The van der Waals surface area contributed by atoms with E-state index in [1.165, 1.54) is 16.4 Å². The van der Waals surface area contributed by atoms with Gasteiger partial charge in [-0.05, 0) is 30.3 Å². The van der Waals surface area contributed by atoms with Crippen molar-refractivity contribution in [1.29, 1.82) is 0 Å².